The summed E-state index contributed by atoms with van der Waals surface area (Å²) in [6, 6.07) is 11.3. The molecule has 0 aliphatic heterocycles. The maximum absolute atomic E-state index is 12.1. The predicted molar refractivity (Wildman–Crippen MR) is 68.3 cm³/mol. The number of Topliss-reactive ketones (excluding diaryl/α,β-unsaturated/α-hetero) is 1. The highest BCUT2D eigenvalue weighted by Crippen LogP contribution is 2.16. The van der Waals surface area contributed by atoms with Gasteiger partial charge in [0.2, 0.25) is 0 Å². The first-order chi connectivity index (χ1) is 8.31. The topological polar surface area (TPSA) is 42.0 Å². The van der Waals surface area contributed by atoms with E-state index >= 15 is 0 Å². The summed E-state index contributed by atoms with van der Waals surface area (Å²) >= 11 is 0. The summed E-state index contributed by atoms with van der Waals surface area (Å²) in [6.45, 7) is 0. The van der Waals surface area contributed by atoms with Crippen LogP contribution in [-0.2, 0) is 6.42 Å². The lowest BCUT2D eigenvalue weighted by atomic mass is 10.0. The number of nitrogens with zero attached hydrogens (tertiary/aromatic N) is 1. The number of carbonyl (C=O) groups is 1. The van der Waals surface area contributed by atoms with Crippen molar-refractivity contribution in [2.75, 3.05) is 12.4 Å². The first-order valence-corrected chi connectivity index (χ1v) is 5.50. The highest BCUT2D eigenvalue weighted by molar-refractivity contribution is 6.02. The average Bonchev–Trinajstić information content (AvgIpc) is 2.40. The number of aromatic nitrogens is 1. The van der Waals surface area contributed by atoms with Gasteiger partial charge in [-0.3, -0.25) is 9.78 Å². The van der Waals surface area contributed by atoms with Gasteiger partial charge < -0.3 is 5.32 Å². The smallest absolute Gasteiger partial charge is 0.169 e. The highest BCUT2D eigenvalue weighted by atomic mass is 16.1. The van der Waals surface area contributed by atoms with Crippen molar-refractivity contribution in [3.8, 4) is 0 Å². The zero-order chi connectivity index (χ0) is 12.1. The van der Waals surface area contributed by atoms with Crippen molar-refractivity contribution in [3.05, 3.63) is 59.9 Å². The molecule has 3 nitrogen and oxygen atoms in total. The summed E-state index contributed by atoms with van der Waals surface area (Å²) in [5.74, 6) is 0.112. The first kappa shape index (κ1) is 11.3. The van der Waals surface area contributed by atoms with Gasteiger partial charge in [0.25, 0.3) is 0 Å². The van der Waals surface area contributed by atoms with Crippen LogP contribution in [0.1, 0.15) is 15.9 Å². The van der Waals surface area contributed by atoms with E-state index in [9.17, 15) is 4.79 Å². The van der Waals surface area contributed by atoms with Crippen LogP contribution >= 0.6 is 0 Å². The van der Waals surface area contributed by atoms with Gasteiger partial charge in [-0.1, -0.05) is 12.1 Å². The van der Waals surface area contributed by atoms with Crippen molar-refractivity contribution in [2.45, 2.75) is 6.42 Å². The number of hydrogen-bond acceptors (Lipinski definition) is 3. The number of nitrogens with one attached hydrogen (secondary N) is 1. The predicted octanol–water partition coefficient (Wildman–Crippen LogP) is 2.55. The standard InChI is InChI=1S/C14H14N2O/c1-15-13-5-3-2-4-12(13)14(17)10-11-6-8-16-9-7-11/h2-9,15H,10H2,1H3. The third-order valence-electron chi connectivity index (χ3n) is 2.61. The minimum atomic E-state index is 0.112. The van der Waals surface area contributed by atoms with Gasteiger partial charge in [0, 0.05) is 37.1 Å². The number of carbonyl (C=O) groups excluding carboxylic acids is 1. The largest absolute Gasteiger partial charge is 0.388 e. The Morgan fingerprint density at radius 2 is 1.88 bits per heavy atom. The number of anilines is 1. The fourth-order valence-electron chi connectivity index (χ4n) is 1.73. The second-order valence-electron chi connectivity index (χ2n) is 3.75. The molecule has 0 atom stereocenters. The number of rotatable bonds is 4. The molecule has 1 N–H and O–H groups in total. The zero-order valence-corrected chi connectivity index (χ0v) is 9.68. The Balaban J connectivity index is 2.20. The van der Waals surface area contributed by atoms with Gasteiger partial charge in [-0.2, -0.15) is 0 Å². The number of pyridine rings is 1. The first-order valence-electron chi connectivity index (χ1n) is 5.50. The van der Waals surface area contributed by atoms with Gasteiger partial charge in [0.15, 0.2) is 5.78 Å². The van der Waals surface area contributed by atoms with E-state index in [1.807, 2.05) is 43.4 Å². The third kappa shape index (κ3) is 2.69. The molecule has 1 aromatic heterocycles. The van der Waals surface area contributed by atoms with Crippen molar-refractivity contribution in [3.63, 3.8) is 0 Å². The maximum atomic E-state index is 12.1. The molecular formula is C14H14N2O. The Morgan fingerprint density at radius 1 is 1.18 bits per heavy atom. The Labute approximate surface area is 101 Å². The van der Waals surface area contributed by atoms with E-state index in [1.54, 1.807) is 12.4 Å². The second-order valence-corrected chi connectivity index (χ2v) is 3.75. The summed E-state index contributed by atoms with van der Waals surface area (Å²) in [7, 11) is 1.82. The quantitative estimate of drug-likeness (QED) is 0.815. The molecule has 0 radical (unpaired) electrons. The number of hydrogen-bond donors (Lipinski definition) is 1. The fourth-order valence-corrected chi connectivity index (χ4v) is 1.73. The minimum Gasteiger partial charge on any atom is -0.388 e. The molecule has 86 valence electrons. The van der Waals surface area contributed by atoms with Crippen molar-refractivity contribution in [2.24, 2.45) is 0 Å². The Hall–Kier alpha value is -2.16. The molecule has 0 aliphatic carbocycles. The molecule has 1 aromatic carbocycles. The van der Waals surface area contributed by atoms with E-state index in [1.165, 1.54) is 0 Å². The molecule has 0 aliphatic rings. The summed E-state index contributed by atoms with van der Waals surface area (Å²) in [6.07, 6.45) is 3.81. The molecule has 0 unspecified atom stereocenters. The lowest BCUT2D eigenvalue weighted by Gasteiger charge is -2.07. The van der Waals surface area contributed by atoms with E-state index < -0.39 is 0 Å². The molecule has 2 aromatic rings. The molecule has 0 amide bonds. The summed E-state index contributed by atoms with van der Waals surface area (Å²) < 4.78 is 0. The van der Waals surface area contributed by atoms with E-state index in [0.29, 0.717) is 6.42 Å². The molecule has 0 spiro atoms. The van der Waals surface area contributed by atoms with Crippen LogP contribution in [0, 0.1) is 0 Å². The molecule has 3 heteroatoms. The van der Waals surface area contributed by atoms with E-state index in [4.69, 9.17) is 0 Å². The van der Waals surface area contributed by atoms with Gasteiger partial charge in [-0.15, -0.1) is 0 Å². The summed E-state index contributed by atoms with van der Waals surface area (Å²) in [5.41, 5.74) is 2.58. The highest BCUT2D eigenvalue weighted by Gasteiger charge is 2.10. The molecule has 0 fully saturated rings. The normalized spacial score (nSPS) is 9.94. The molecule has 0 bridgehead atoms. The van der Waals surface area contributed by atoms with Gasteiger partial charge in [-0.25, -0.2) is 0 Å². The van der Waals surface area contributed by atoms with E-state index in [0.717, 1.165) is 16.8 Å². The van der Waals surface area contributed by atoms with Crippen molar-refractivity contribution in [1.29, 1.82) is 0 Å². The second kappa shape index (κ2) is 5.25. The molecular weight excluding hydrogens is 212 g/mol. The summed E-state index contributed by atoms with van der Waals surface area (Å²) in [5, 5.41) is 3.03. The molecule has 0 saturated carbocycles. The van der Waals surface area contributed by atoms with Crippen LogP contribution in [0.2, 0.25) is 0 Å². The lowest BCUT2D eigenvalue weighted by Crippen LogP contribution is -2.06. The molecule has 17 heavy (non-hydrogen) atoms. The number of ketones is 1. The van der Waals surface area contributed by atoms with Crippen LogP contribution in [0.5, 0.6) is 0 Å². The maximum Gasteiger partial charge on any atom is 0.169 e. The van der Waals surface area contributed by atoms with E-state index in [2.05, 4.69) is 10.3 Å². The Morgan fingerprint density at radius 3 is 2.59 bits per heavy atom. The monoisotopic (exact) mass is 226 g/mol. The SMILES string of the molecule is CNc1ccccc1C(=O)Cc1ccncc1. The Kier molecular flexibility index (Phi) is 3.50. The van der Waals surface area contributed by atoms with Crippen LogP contribution in [0.25, 0.3) is 0 Å². The number of para-hydroxylation sites is 1. The molecule has 2 rings (SSSR count). The zero-order valence-electron chi connectivity index (χ0n) is 9.68. The van der Waals surface area contributed by atoms with Crippen molar-refractivity contribution >= 4 is 11.5 Å². The van der Waals surface area contributed by atoms with Crippen molar-refractivity contribution in [1.82, 2.24) is 4.98 Å². The molecule has 1 heterocycles. The lowest BCUT2D eigenvalue weighted by molar-refractivity contribution is 0.0993. The average molecular weight is 226 g/mol. The minimum absolute atomic E-state index is 0.112. The van der Waals surface area contributed by atoms with Gasteiger partial charge >= 0.3 is 0 Å². The Bertz CT molecular complexity index is 509. The van der Waals surface area contributed by atoms with Crippen LogP contribution in [0.3, 0.4) is 0 Å². The van der Waals surface area contributed by atoms with Crippen LogP contribution in [0.15, 0.2) is 48.8 Å². The molecule has 0 saturated heterocycles. The number of benzene rings is 1. The van der Waals surface area contributed by atoms with Crippen LogP contribution in [-0.4, -0.2) is 17.8 Å². The van der Waals surface area contributed by atoms with Crippen LogP contribution in [0.4, 0.5) is 5.69 Å². The van der Waals surface area contributed by atoms with E-state index in [-0.39, 0.29) is 5.78 Å². The van der Waals surface area contributed by atoms with Crippen LogP contribution < -0.4 is 5.32 Å². The summed E-state index contributed by atoms with van der Waals surface area (Å²) in [4.78, 5) is 16.1. The van der Waals surface area contributed by atoms with Gasteiger partial charge in [0.05, 0.1) is 0 Å². The van der Waals surface area contributed by atoms with Crippen molar-refractivity contribution < 1.29 is 4.79 Å². The fraction of sp³-hybridized carbons (Fsp3) is 0.143. The van der Waals surface area contributed by atoms with Gasteiger partial charge in [0.1, 0.15) is 0 Å². The van der Waals surface area contributed by atoms with Gasteiger partial charge in [-0.05, 0) is 29.8 Å². The third-order valence-corrected chi connectivity index (χ3v) is 2.61.